The van der Waals surface area contributed by atoms with Crippen molar-refractivity contribution in [2.75, 3.05) is 0 Å². The summed E-state index contributed by atoms with van der Waals surface area (Å²) < 4.78 is 0. The summed E-state index contributed by atoms with van der Waals surface area (Å²) >= 11 is 7.49. The summed E-state index contributed by atoms with van der Waals surface area (Å²) in [6, 6.07) is 15.4. The van der Waals surface area contributed by atoms with Crippen LogP contribution in [0.1, 0.15) is 16.8 Å². The highest BCUT2D eigenvalue weighted by atomic mass is 35.5. The number of hydrogen-bond acceptors (Lipinski definition) is 5. The Morgan fingerprint density at radius 2 is 2.00 bits per heavy atom. The van der Waals surface area contributed by atoms with Gasteiger partial charge in [-0.3, -0.25) is 4.98 Å². The average Bonchev–Trinajstić information content (AvgIpc) is 3.04. The summed E-state index contributed by atoms with van der Waals surface area (Å²) in [6.45, 7) is 0.513. The van der Waals surface area contributed by atoms with Crippen molar-refractivity contribution in [1.82, 2.24) is 9.88 Å². The summed E-state index contributed by atoms with van der Waals surface area (Å²) in [5.41, 5.74) is 2.77. The van der Waals surface area contributed by atoms with Gasteiger partial charge in [-0.2, -0.15) is 0 Å². The minimum Gasteiger partial charge on any atom is -0.368 e. The molecule has 3 aromatic rings. The van der Waals surface area contributed by atoms with Crippen LogP contribution in [-0.4, -0.2) is 21.3 Å². The SMILES string of the molecule is OC1c2sc(-c3ccc(Cl)cc3)cc2N=CN1Cc1ccccn1. The van der Waals surface area contributed by atoms with Gasteiger partial charge in [0.1, 0.15) is 0 Å². The normalized spacial score (nSPS) is 16.2. The molecule has 0 spiro atoms. The molecule has 0 amide bonds. The number of hydrogen-bond donors (Lipinski definition) is 1. The summed E-state index contributed by atoms with van der Waals surface area (Å²) in [5.74, 6) is 0. The van der Waals surface area contributed by atoms with E-state index in [0.29, 0.717) is 11.6 Å². The lowest BCUT2D eigenvalue weighted by Crippen LogP contribution is -2.28. The van der Waals surface area contributed by atoms with Crippen molar-refractivity contribution in [3.8, 4) is 10.4 Å². The molecular weight excluding hydrogens is 342 g/mol. The molecule has 24 heavy (non-hydrogen) atoms. The van der Waals surface area contributed by atoms with Crippen LogP contribution < -0.4 is 0 Å². The highest BCUT2D eigenvalue weighted by Gasteiger charge is 2.25. The standard InChI is InChI=1S/C18H14ClN3OS/c19-13-6-4-12(5-7-13)16-9-15-17(24-16)18(23)22(11-21-15)10-14-3-1-2-8-20-14/h1-9,11,18,23H,10H2. The topological polar surface area (TPSA) is 48.7 Å². The van der Waals surface area contributed by atoms with E-state index in [9.17, 15) is 5.11 Å². The van der Waals surface area contributed by atoms with Gasteiger partial charge in [0.15, 0.2) is 6.23 Å². The predicted molar refractivity (Wildman–Crippen MR) is 97.7 cm³/mol. The maximum Gasteiger partial charge on any atom is 0.165 e. The van der Waals surface area contributed by atoms with Crippen LogP contribution >= 0.6 is 22.9 Å². The lowest BCUT2D eigenvalue weighted by molar-refractivity contribution is 0.0521. The molecule has 2 aromatic heterocycles. The second kappa shape index (κ2) is 6.36. The predicted octanol–water partition coefficient (Wildman–Crippen LogP) is 4.63. The van der Waals surface area contributed by atoms with E-state index in [4.69, 9.17) is 11.6 Å². The molecule has 1 N–H and O–H groups in total. The summed E-state index contributed by atoms with van der Waals surface area (Å²) in [5, 5.41) is 11.4. The molecule has 0 saturated carbocycles. The second-order valence-electron chi connectivity index (χ2n) is 5.48. The lowest BCUT2D eigenvalue weighted by atomic mass is 10.2. The second-order valence-corrected chi connectivity index (χ2v) is 7.00. The first-order valence-electron chi connectivity index (χ1n) is 7.48. The van der Waals surface area contributed by atoms with Crippen LogP contribution in [0.4, 0.5) is 5.69 Å². The molecule has 0 saturated heterocycles. The van der Waals surface area contributed by atoms with Crippen LogP contribution in [0.2, 0.25) is 5.02 Å². The molecule has 0 fully saturated rings. The van der Waals surface area contributed by atoms with E-state index in [1.54, 1.807) is 28.8 Å². The number of benzene rings is 1. The largest absolute Gasteiger partial charge is 0.368 e. The lowest BCUT2D eigenvalue weighted by Gasteiger charge is -2.27. The Hall–Kier alpha value is -2.21. The van der Waals surface area contributed by atoms with Gasteiger partial charge in [-0.05, 0) is 35.9 Å². The van der Waals surface area contributed by atoms with Crippen molar-refractivity contribution in [2.24, 2.45) is 4.99 Å². The number of thiophene rings is 1. The van der Waals surface area contributed by atoms with Crippen molar-refractivity contribution >= 4 is 35.0 Å². The van der Waals surface area contributed by atoms with E-state index in [-0.39, 0.29) is 0 Å². The molecule has 1 aliphatic rings. The van der Waals surface area contributed by atoms with Crippen LogP contribution in [0.5, 0.6) is 0 Å². The fraction of sp³-hybridized carbons (Fsp3) is 0.111. The third-order valence-corrected chi connectivity index (χ3v) is 5.30. The molecule has 120 valence electrons. The fourth-order valence-corrected chi connectivity index (χ4v) is 3.84. The Kier molecular flexibility index (Phi) is 4.06. The molecule has 1 atom stereocenters. The summed E-state index contributed by atoms with van der Waals surface area (Å²) in [4.78, 5) is 12.5. The number of aliphatic hydroxyl groups excluding tert-OH is 1. The fourth-order valence-electron chi connectivity index (χ4n) is 2.59. The van der Waals surface area contributed by atoms with Gasteiger partial charge in [-0.1, -0.05) is 29.8 Å². The Labute approximate surface area is 148 Å². The van der Waals surface area contributed by atoms with E-state index in [1.807, 2.05) is 48.5 Å². The molecule has 4 rings (SSSR count). The molecule has 0 bridgehead atoms. The molecule has 0 radical (unpaired) electrons. The third kappa shape index (κ3) is 2.94. The molecule has 1 aliphatic heterocycles. The maximum absolute atomic E-state index is 10.7. The summed E-state index contributed by atoms with van der Waals surface area (Å²) in [7, 11) is 0. The van der Waals surface area contributed by atoms with Gasteiger partial charge >= 0.3 is 0 Å². The van der Waals surface area contributed by atoms with Crippen molar-refractivity contribution in [3.05, 3.63) is 70.3 Å². The number of aliphatic imine (C=N–C) groups is 1. The van der Waals surface area contributed by atoms with Crippen LogP contribution in [0.3, 0.4) is 0 Å². The van der Waals surface area contributed by atoms with Crippen molar-refractivity contribution in [1.29, 1.82) is 0 Å². The van der Waals surface area contributed by atoms with Gasteiger partial charge in [-0.25, -0.2) is 4.99 Å². The van der Waals surface area contributed by atoms with E-state index in [2.05, 4.69) is 9.98 Å². The van der Waals surface area contributed by atoms with Gasteiger partial charge < -0.3 is 10.0 Å². The van der Waals surface area contributed by atoms with E-state index in [0.717, 1.165) is 26.7 Å². The van der Waals surface area contributed by atoms with Gasteiger partial charge in [0, 0.05) is 16.1 Å². The third-order valence-electron chi connectivity index (χ3n) is 3.83. The highest BCUT2D eigenvalue weighted by Crippen LogP contribution is 2.43. The van der Waals surface area contributed by atoms with Crippen molar-refractivity contribution in [2.45, 2.75) is 12.8 Å². The monoisotopic (exact) mass is 355 g/mol. The number of halogens is 1. The number of fused-ring (bicyclic) bond motifs is 1. The zero-order valence-corrected chi connectivity index (χ0v) is 14.2. The Morgan fingerprint density at radius 3 is 2.75 bits per heavy atom. The van der Waals surface area contributed by atoms with Crippen LogP contribution in [0.15, 0.2) is 59.7 Å². The average molecular weight is 356 g/mol. The van der Waals surface area contributed by atoms with Gasteiger partial charge in [0.25, 0.3) is 0 Å². The molecule has 4 nitrogen and oxygen atoms in total. The van der Waals surface area contributed by atoms with Gasteiger partial charge in [0.2, 0.25) is 0 Å². The number of aliphatic hydroxyl groups is 1. The number of aromatic nitrogens is 1. The van der Waals surface area contributed by atoms with E-state index >= 15 is 0 Å². The van der Waals surface area contributed by atoms with Crippen molar-refractivity contribution in [3.63, 3.8) is 0 Å². The van der Waals surface area contributed by atoms with Crippen LogP contribution in [0.25, 0.3) is 10.4 Å². The van der Waals surface area contributed by atoms with E-state index < -0.39 is 6.23 Å². The highest BCUT2D eigenvalue weighted by molar-refractivity contribution is 7.16. The van der Waals surface area contributed by atoms with Crippen LogP contribution in [0, 0.1) is 0 Å². The van der Waals surface area contributed by atoms with Crippen molar-refractivity contribution < 1.29 is 5.11 Å². The zero-order valence-electron chi connectivity index (χ0n) is 12.6. The minimum atomic E-state index is -0.717. The molecule has 3 heterocycles. The molecule has 6 heteroatoms. The molecular formula is C18H14ClN3OS. The summed E-state index contributed by atoms with van der Waals surface area (Å²) in [6.07, 6.45) is 2.71. The molecule has 1 aromatic carbocycles. The Balaban J connectivity index is 1.61. The number of pyridine rings is 1. The Morgan fingerprint density at radius 1 is 1.17 bits per heavy atom. The van der Waals surface area contributed by atoms with Crippen LogP contribution in [-0.2, 0) is 6.54 Å². The molecule has 1 unspecified atom stereocenters. The Bertz CT molecular complexity index is 877. The van der Waals surface area contributed by atoms with E-state index in [1.165, 1.54) is 0 Å². The van der Waals surface area contributed by atoms with Gasteiger partial charge in [-0.15, -0.1) is 11.3 Å². The quantitative estimate of drug-likeness (QED) is 0.745. The molecule has 0 aliphatic carbocycles. The first-order chi connectivity index (χ1) is 11.7. The first kappa shape index (κ1) is 15.3. The smallest absolute Gasteiger partial charge is 0.165 e. The van der Waals surface area contributed by atoms with Gasteiger partial charge in [0.05, 0.1) is 29.1 Å². The number of nitrogens with zero attached hydrogens (tertiary/aromatic N) is 3. The zero-order chi connectivity index (χ0) is 16.5. The first-order valence-corrected chi connectivity index (χ1v) is 8.68. The minimum absolute atomic E-state index is 0.513. The maximum atomic E-state index is 10.7. The number of rotatable bonds is 3.